The number of hydrogen-bond donors (Lipinski definition) is 2. The number of rotatable bonds is 24. The third kappa shape index (κ3) is 17.2. The average molecular weight is 807 g/mol. The second-order valence-electron chi connectivity index (χ2n) is 14.4. The molecule has 0 aromatic heterocycles. The molecule has 2 amide bonds. The van der Waals surface area contributed by atoms with E-state index in [2.05, 4.69) is 43.5 Å². The van der Waals surface area contributed by atoms with E-state index in [4.69, 9.17) is 37.9 Å². The van der Waals surface area contributed by atoms with Gasteiger partial charge in [0.2, 0.25) is 0 Å². The molecule has 0 aliphatic heterocycles. The molecule has 2 N–H and O–H groups in total. The highest BCUT2D eigenvalue weighted by Crippen LogP contribution is 2.49. The molecular weight excluding hydrogens is 752 g/mol. The van der Waals surface area contributed by atoms with Gasteiger partial charge in [-0.3, -0.25) is 4.79 Å². The Kier molecular flexibility index (Phi) is 20.0. The van der Waals surface area contributed by atoms with E-state index in [1.54, 1.807) is 0 Å². The highest BCUT2D eigenvalue weighted by molar-refractivity contribution is 5.83. The van der Waals surface area contributed by atoms with Crippen molar-refractivity contribution in [3.05, 3.63) is 63.3 Å². The van der Waals surface area contributed by atoms with Crippen LogP contribution in [-0.4, -0.2) is 113 Å². The van der Waals surface area contributed by atoms with Gasteiger partial charge in [0.15, 0.2) is 0 Å². The van der Waals surface area contributed by atoms with Crippen LogP contribution in [0.1, 0.15) is 47.0 Å². The fourth-order valence-electron chi connectivity index (χ4n) is 5.38. The SMILES string of the molecule is C=CC(=O)OCC(COC(=O)C=C)(COC(=O)C=C)COC(=O)NCC1(C)CCC(NC(=O)OCC(COC(C)=O)(COC(=O)C=C)COC(=O)C=C)CC1(C)C. The van der Waals surface area contributed by atoms with Crippen molar-refractivity contribution in [2.24, 2.45) is 21.7 Å². The minimum atomic E-state index is -1.51. The van der Waals surface area contributed by atoms with E-state index in [-0.39, 0.29) is 12.6 Å². The Bertz CT molecular complexity index is 1450. The second kappa shape index (κ2) is 23.2. The summed E-state index contributed by atoms with van der Waals surface area (Å²) in [7, 11) is 0. The topological polar surface area (TPSA) is 234 Å². The molecule has 0 saturated heterocycles. The molecule has 1 aliphatic carbocycles. The third-order valence-electron chi connectivity index (χ3n) is 9.42. The van der Waals surface area contributed by atoms with Crippen molar-refractivity contribution in [2.45, 2.75) is 53.0 Å². The monoisotopic (exact) mass is 806 g/mol. The zero-order valence-corrected chi connectivity index (χ0v) is 33.0. The van der Waals surface area contributed by atoms with Gasteiger partial charge >= 0.3 is 48.0 Å². The maximum atomic E-state index is 13.1. The number of alkyl carbamates (subject to hydrolysis) is 2. The first-order valence-corrected chi connectivity index (χ1v) is 17.7. The number of nitrogens with one attached hydrogen (secondary N) is 2. The molecule has 2 unspecified atom stereocenters. The van der Waals surface area contributed by atoms with Crippen LogP contribution in [-0.2, 0) is 66.7 Å². The van der Waals surface area contributed by atoms with Gasteiger partial charge in [-0.1, -0.05) is 53.7 Å². The van der Waals surface area contributed by atoms with E-state index in [1.807, 2.05) is 20.8 Å². The summed E-state index contributed by atoms with van der Waals surface area (Å²) in [4.78, 5) is 97.1. The molecule has 0 spiro atoms. The van der Waals surface area contributed by atoms with Crippen molar-refractivity contribution in [2.75, 3.05) is 59.4 Å². The van der Waals surface area contributed by atoms with Crippen LogP contribution in [0.5, 0.6) is 0 Å². The number of hydrogen-bond acceptors (Lipinski definition) is 16. The van der Waals surface area contributed by atoms with Gasteiger partial charge in [-0.25, -0.2) is 33.6 Å². The summed E-state index contributed by atoms with van der Waals surface area (Å²) in [6.45, 7) is 20.0. The highest BCUT2D eigenvalue weighted by Gasteiger charge is 2.47. The first-order chi connectivity index (χ1) is 26.7. The van der Waals surface area contributed by atoms with Crippen LogP contribution in [0.15, 0.2) is 63.3 Å². The molecule has 57 heavy (non-hydrogen) atoms. The molecule has 0 bridgehead atoms. The van der Waals surface area contributed by atoms with Gasteiger partial charge < -0.3 is 48.5 Å². The van der Waals surface area contributed by atoms with E-state index >= 15 is 0 Å². The Morgan fingerprint density at radius 2 is 0.895 bits per heavy atom. The molecule has 18 nitrogen and oxygen atoms in total. The molecule has 316 valence electrons. The van der Waals surface area contributed by atoms with Gasteiger partial charge in [0.1, 0.15) is 63.7 Å². The van der Waals surface area contributed by atoms with Crippen LogP contribution in [0.2, 0.25) is 0 Å². The molecule has 1 rings (SSSR count). The standard InChI is InChI=1S/C39H54N2O16/c1-10-29(43)51-20-38(19-50-27(6)42,21-52-30(44)11-2)26-57-35(49)41-28-15-16-37(9,36(7,8)17-28)18-40-34(48)56-25-39(22-53-31(45)12-3,23-54-32(46)13-4)24-55-33(47)14-5/h10-14,28H,1-5,15-26H2,6-9H3,(H,40,48)(H,41,49). The molecule has 2 atom stereocenters. The number of esters is 6. The van der Waals surface area contributed by atoms with Gasteiger partial charge in [0.05, 0.1) is 0 Å². The summed E-state index contributed by atoms with van der Waals surface area (Å²) in [6.07, 6.45) is 4.26. The van der Waals surface area contributed by atoms with Gasteiger partial charge in [-0.2, -0.15) is 0 Å². The van der Waals surface area contributed by atoms with Crippen molar-refractivity contribution >= 4 is 48.0 Å². The Labute approximate surface area is 331 Å². The third-order valence-corrected chi connectivity index (χ3v) is 9.42. The van der Waals surface area contributed by atoms with Crippen molar-refractivity contribution in [3.8, 4) is 0 Å². The summed E-state index contributed by atoms with van der Waals surface area (Å²) in [5, 5.41) is 5.57. The number of amides is 2. The van der Waals surface area contributed by atoms with Crippen molar-refractivity contribution in [3.63, 3.8) is 0 Å². The van der Waals surface area contributed by atoms with Gasteiger partial charge in [-0.05, 0) is 30.1 Å². The quantitative estimate of drug-likeness (QED) is 0.0810. The minimum absolute atomic E-state index is 0.136. The lowest BCUT2D eigenvalue weighted by Crippen LogP contribution is -2.53. The number of carbonyl (C=O) groups excluding carboxylic acids is 8. The van der Waals surface area contributed by atoms with Crippen molar-refractivity contribution in [1.82, 2.24) is 10.6 Å². The lowest BCUT2D eigenvalue weighted by Gasteiger charge is -2.50. The van der Waals surface area contributed by atoms with E-state index in [1.165, 1.54) is 0 Å². The van der Waals surface area contributed by atoms with Gasteiger partial charge in [-0.15, -0.1) is 0 Å². The summed E-state index contributed by atoms with van der Waals surface area (Å²) < 4.78 is 41.9. The van der Waals surface area contributed by atoms with E-state index in [9.17, 15) is 38.4 Å². The van der Waals surface area contributed by atoms with Crippen LogP contribution in [0, 0.1) is 21.7 Å². The fraction of sp³-hybridized carbons (Fsp3) is 0.538. The van der Waals surface area contributed by atoms with Crippen molar-refractivity contribution in [1.29, 1.82) is 0 Å². The van der Waals surface area contributed by atoms with Crippen LogP contribution in [0.25, 0.3) is 0 Å². The first kappa shape index (κ1) is 49.1. The zero-order chi connectivity index (χ0) is 43.3. The summed E-state index contributed by atoms with van der Waals surface area (Å²) in [5.74, 6) is -4.78. The molecule has 18 heteroatoms. The van der Waals surface area contributed by atoms with Crippen LogP contribution >= 0.6 is 0 Å². The Hall–Kier alpha value is -5.94. The molecule has 0 heterocycles. The lowest BCUT2D eigenvalue weighted by molar-refractivity contribution is -0.162. The molecule has 1 saturated carbocycles. The molecule has 1 aliphatic rings. The molecule has 1 fully saturated rings. The van der Waals surface area contributed by atoms with E-state index < -0.39 is 123 Å². The predicted molar refractivity (Wildman–Crippen MR) is 201 cm³/mol. The highest BCUT2D eigenvalue weighted by atomic mass is 16.6. The summed E-state index contributed by atoms with van der Waals surface area (Å²) >= 11 is 0. The second-order valence-corrected chi connectivity index (χ2v) is 14.4. The maximum absolute atomic E-state index is 13.1. The summed E-state index contributed by atoms with van der Waals surface area (Å²) in [5.41, 5.74) is -3.99. The fourth-order valence-corrected chi connectivity index (χ4v) is 5.38. The van der Waals surface area contributed by atoms with Crippen molar-refractivity contribution < 1.29 is 76.3 Å². The normalized spacial score (nSPS) is 17.1. The maximum Gasteiger partial charge on any atom is 0.407 e. The lowest BCUT2D eigenvalue weighted by atomic mass is 9.57. The zero-order valence-electron chi connectivity index (χ0n) is 33.0. The Morgan fingerprint density at radius 1 is 0.561 bits per heavy atom. The first-order valence-electron chi connectivity index (χ1n) is 17.7. The van der Waals surface area contributed by atoms with Gasteiger partial charge in [0.25, 0.3) is 0 Å². The number of carbonyl (C=O) groups is 8. The van der Waals surface area contributed by atoms with Crippen LogP contribution in [0.4, 0.5) is 9.59 Å². The molecular formula is C39H54N2O16. The predicted octanol–water partition coefficient (Wildman–Crippen LogP) is 3.21. The van der Waals surface area contributed by atoms with Crippen LogP contribution in [0.3, 0.4) is 0 Å². The molecule has 0 aromatic rings. The molecule has 0 aromatic carbocycles. The largest absolute Gasteiger partial charge is 0.465 e. The van der Waals surface area contributed by atoms with E-state index in [0.717, 1.165) is 37.3 Å². The Balaban J connectivity index is 3.00. The van der Waals surface area contributed by atoms with Crippen LogP contribution < -0.4 is 10.6 Å². The van der Waals surface area contributed by atoms with E-state index in [0.29, 0.717) is 19.3 Å². The number of ether oxygens (including phenoxy) is 8. The summed E-state index contributed by atoms with van der Waals surface area (Å²) in [6, 6.07) is -0.372. The Morgan fingerprint density at radius 3 is 1.23 bits per heavy atom. The molecule has 0 radical (unpaired) electrons. The van der Waals surface area contributed by atoms with Gasteiger partial charge in [0, 0.05) is 49.9 Å². The minimum Gasteiger partial charge on any atom is -0.465 e. The smallest absolute Gasteiger partial charge is 0.407 e. The average Bonchev–Trinajstić information content (AvgIpc) is 3.19.